The SMILES string of the molecule is COc1ccc(CN(C(=O)CCc2ccc(S(=O)(=O)NC3CC3)cc2)[C@H](C(=O)NCCO)c2ccccc2)cc1. The van der Waals surface area contributed by atoms with Crippen LogP contribution in [0.25, 0.3) is 0 Å². The molecule has 212 valence electrons. The molecule has 1 saturated carbocycles. The van der Waals surface area contributed by atoms with Crippen LogP contribution in [0.5, 0.6) is 5.75 Å². The van der Waals surface area contributed by atoms with E-state index in [0.29, 0.717) is 17.7 Å². The summed E-state index contributed by atoms with van der Waals surface area (Å²) < 4.78 is 32.9. The molecule has 1 aliphatic carbocycles. The van der Waals surface area contributed by atoms with Crippen molar-refractivity contribution in [3.05, 3.63) is 95.6 Å². The van der Waals surface area contributed by atoms with Crippen LogP contribution in [0.1, 0.15) is 42.0 Å². The van der Waals surface area contributed by atoms with Crippen molar-refractivity contribution in [1.29, 1.82) is 0 Å². The Morgan fingerprint density at radius 2 is 1.62 bits per heavy atom. The van der Waals surface area contributed by atoms with E-state index in [2.05, 4.69) is 10.0 Å². The highest BCUT2D eigenvalue weighted by molar-refractivity contribution is 7.89. The van der Waals surface area contributed by atoms with Crippen LogP contribution in [-0.4, -0.2) is 56.5 Å². The summed E-state index contributed by atoms with van der Waals surface area (Å²) >= 11 is 0. The number of sulfonamides is 1. The van der Waals surface area contributed by atoms with Crippen LogP contribution in [0.15, 0.2) is 83.8 Å². The molecule has 0 unspecified atom stereocenters. The van der Waals surface area contributed by atoms with Crippen molar-refractivity contribution in [2.75, 3.05) is 20.3 Å². The van der Waals surface area contributed by atoms with E-state index in [-0.39, 0.29) is 48.9 Å². The number of carbonyl (C=O) groups is 2. The Morgan fingerprint density at radius 1 is 0.975 bits per heavy atom. The first-order chi connectivity index (χ1) is 19.3. The average molecular weight is 566 g/mol. The smallest absolute Gasteiger partial charge is 0.247 e. The number of nitrogens with zero attached hydrogens (tertiary/aromatic N) is 1. The molecule has 1 fully saturated rings. The molecule has 4 rings (SSSR count). The minimum Gasteiger partial charge on any atom is -0.497 e. The third-order valence-electron chi connectivity index (χ3n) is 6.68. The summed E-state index contributed by atoms with van der Waals surface area (Å²) in [7, 11) is -1.98. The van der Waals surface area contributed by atoms with Gasteiger partial charge in [0.05, 0.1) is 18.6 Å². The zero-order chi connectivity index (χ0) is 28.5. The van der Waals surface area contributed by atoms with Gasteiger partial charge in [0.1, 0.15) is 11.8 Å². The quantitative estimate of drug-likeness (QED) is 0.276. The van der Waals surface area contributed by atoms with Gasteiger partial charge in [0.2, 0.25) is 21.8 Å². The number of hydrogen-bond donors (Lipinski definition) is 3. The van der Waals surface area contributed by atoms with Crippen LogP contribution in [-0.2, 0) is 32.6 Å². The fourth-order valence-corrected chi connectivity index (χ4v) is 5.66. The molecule has 3 N–H and O–H groups in total. The highest BCUT2D eigenvalue weighted by Crippen LogP contribution is 2.26. The Labute approximate surface area is 235 Å². The van der Waals surface area contributed by atoms with Crippen molar-refractivity contribution in [1.82, 2.24) is 14.9 Å². The molecular formula is C30H35N3O6S. The van der Waals surface area contributed by atoms with E-state index in [0.717, 1.165) is 24.0 Å². The summed E-state index contributed by atoms with van der Waals surface area (Å²) in [4.78, 5) is 28.8. The zero-order valence-corrected chi connectivity index (χ0v) is 23.3. The topological polar surface area (TPSA) is 125 Å². The van der Waals surface area contributed by atoms with Crippen molar-refractivity contribution in [3.8, 4) is 5.75 Å². The monoisotopic (exact) mass is 565 g/mol. The first kappa shape index (κ1) is 29.3. The van der Waals surface area contributed by atoms with Crippen molar-refractivity contribution in [2.24, 2.45) is 0 Å². The second-order valence-electron chi connectivity index (χ2n) is 9.74. The van der Waals surface area contributed by atoms with Gasteiger partial charge in [-0.25, -0.2) is 13.1 Å². The number of aryl methyl sites for hydroxylation is 1. The molecule has 0 aromatic heterocycles. The maximum Gasteiger partial charge on any atom is 0.247 e. The molecule has 1 aliphatic rings. The van der Waals surface area contributed by atoms with Crippen molar-refractivity contribution >= 4 is 21.8 Å². The lowest BCUT2D eigenvalue weighted by molar-refractivity contribution is -0.141. The van der Waals surface area contributed by atoms with Crippen LogP contribution in [0.2, 0.25) is 0 Å². The van der Waals surface area contributed by atoms with E-state index in [1.165, 1.54) is 0 Å². The maximum atomic E-state index is 13.8. The third kappa shape index (κ3) is 7.91. The summed E-state index contributed by atoms with van der Waals surface area (Å²) in [5.74, 6) is 0.0514. The van der Waals surface area contributed by atoms with Gasteiger partial charge < -0.3 is 20.1 Å². The molecule has 0 spiro atoms. The Bertz CT molecular complexity index is 1380. The molecule has 0 aliphatic heterocycles. The van der Waals surface area contributed by atoms with Gasteiger partial charge in [0, 0.05) is 25.6 Å². The number of benzene rings is 3. The number of methoxy groups -OCH3 is 1. The fourth-order valence-electron chi connectivity index (χ4n) is 4.35. The fraction of sp³-hybridized carbons (Fsp3) is 0.333. The molecule has 0 saturated heterocycles. The zero-order valence-electron chi connectivity index (χ0n) is 22.5. The number of aliphatic hydroxyl groups is 1. The standard InChI is InChI=1S/C30H35N3O6S/c1-39-26-14-7-23(8-15-26)21-33(29(30(36)31-19-20-34)24-5-3-2-4-6-24)28(35)18-11-22-9-16-27(17-10-22)40(37,38)32-25-12-13-25/h2-10,14-17,25,29,32,34H,11-13,18-21H2,1H3,(H,31,36)/t29-/m0/s1. The summed E-state index contributed by atoms with van der Waals surface area (Å²) in [6.45, 7) is 0.0259. The summed E-state index contributed by atoms with van der Waals surface area (Å²) in [6, 6.07) is 22.0. The molecule has 10 heteroatoms. The van der Waals surface area contributed by atoms with E-state index >= 15 is 0 Å². The van der Waals surface area contributed by atoms with Gasteiger partial charge in [-0.3, -0.25) is 9.59 Å². The van der Waals surface area contributed by atoms with E-state index < -0.39 is 16.1 Å². The van der Waals surface area contributed by atoms with Gasteiger partial charge >= 0.3 is 0 Å². The first-order valence-corrected chi connectivity index (χ1v) is 14.8. The molecular weight excluding hydrogens is 530 g/mol. The number of carbonyl (C=O) groups excluding carboxylic acids is 2. The first-order valence-electron chi connectivity index (χ1n) is 13.3. The molecule has 0 heterocycles. The second kappa shape index (κ2) is 13.6. The molecule has 1 atom stereocenters. The van der Waals surface area contributed by atoms with Crippen LogP contribution in [0, 0.1) is 0 Å². The van der Waals surface area contributed by atoms with Crippen molar-refractivity contribution < 1.29 is 27.9 Å². The molecule has 0 bridgehead atoms. The van der Waals surface area contributed by atoms with E-state index in [9.17, 15) is 23.1 Å². The Morgan fingerprint density at radius 3 is 2.23 bits per heavy atom. The lowest BCUT2D eigenvalue weighted by Gasteiger charge is -2.32. The van der Waals surface area contributed by atoms with Crippen LogP contribution in [0.3, 0.4) is 0 Å². The number of nitrogens with one attached hydrogen (secondary N) is 2. The van der Waals surface area contributed by atoms with Gasteiger partial charge in [-0.2, -0.15) is 0 Å². The second-order valence-corrected chi connectivity index (χ2v) is 11.5. The predicted octanol–water partition coefficient (Wildman–Crippen LogP) is 2.95. The highest BCUT2D eigenvalue weighted by Gasteiger charge is 2.31. The Kier molecular flexibility index (Phi) is 9.92. The van der Waals surface area contributed by atoms with Gasteiger partial charge in [-0.1, -0.05) is 54.6 Å². The van der Waals surface area contributed by atoms with E-state index in [1.54, 1.807) is 60.5 Å². The number of hydrogen-bond acceptors (Lipinski definition) is 6. The Hall–Kier alpha value is -3.73. The van der Waals surface area contributed by atoms with Gasteiger partial charge in [0.25, 0.3) is 0 Å². The minimum atomic E-state index is -3.55. The normalized spacial score (nSPS) is 13.8. The highest BCUT2D eigenvalue weighted by atomic mass is 32.2. The largest absolute Gasteiger partial charge is 0.497 e. The summed E-state index contributed by atoms with van der Waals surface area (Å²) in [5.41, 5.74) is 2.28. The third-order valence-corrected chi connectivity index (χ3v) is 8.22. The van der Waals surface area contributed by atoms with E-state index in [4.69, 9.17) is 4.74 Å². The molecule has 2 amide bonds. The van der Waals surface area contributed by atoms with Crippen molar-refractivity contribution in [3.63, 3.8) is 0 Å². The minimum absolute atomic E-state index is 0.0196. The molecule has 3 aromatic rings. The number of amides is 2. The molecule has 40 heavy (non-hydrogen) atoms. The van der Waals surface area contributed by atoms with Gasteiger partial charge in [0.15, 0.2) is 0 Å². The van der Waals surface area contributed by atoms with Crippen molar-refractivity contribution in [2.45, 2.75) is 49.2 Å². The lowest BCUT2D eigenvalue weighted by Crippen LogP contribution is -2.44. The predicted molar refractivity (Wildman–Crippen MR) is 151 cm³/mol. The lowest BCUT2D eigenvalue weighted by atomic mass is 10.0. The number of rotatable bonds is 14. The van der Waals surface area contributed by atoms with Gasteiger partial charge in [-0.15, -0.1) is 0 Å². The van der Waals surface area contributed by atoms with Crippen LogP contribution in [0.4, 0.5) is 0 Å². The Balaban J connectivity index is 1.55. The van der Waals surface area contributed by atoms with Gasteiger partial charge in [-0.05, 0) is 60.2 Å². The molecule has 9 nitrogen and oxygen atoms in total. The summed E-state index contributed by atoms with van der Waals surface area (Å²) in [6.07, 6.45) is 2.19. The number of aliphatic hydroxyl groups excluding tert-OH is 1. The molecule has 3 aromatic carbocycles. The molecule has 0 radical (unpaired) electrons. The van der Waals surface area contributed by atoms with E-state index in [1.807, 2.05) is 30.3 Å². The summed E-state index contributed by atoms with van der Waals surface area (Å²) in [5, 5.41) is 12.0. The average Bonchev–Trinajstić information content (AvgIpc) is 3.79. The number of ether oxygens (including phenoxy) is 1. The van der Waals surface area contributed by atoms with Crippen LogP contribution < -0.4 is 14.8 Å². The van der Waals surface area contributed by atoms with Crippen LogP contribution >= 0.6 is 0 Å². The maximum absolute atomic E-state index is 13.8.